The number of nitrogens with zero attached hydrogens (tertiary/aromatic N) is 1. The second-order valence-electron chi connectivity index (χ2n) is 2.89. The average Bonchev–Trinajstić information content (AvgIpc) is 2.09. The minimum absolute atomic E-state index is 0.0129. The van der Waals surface area contributed by atoms with E-state index in [0.717, 1.165) is 5.56 Å². The SMILES string of the molecule is CN(CO)Cc1ccc(Cl)cc1Cl. The molecule has 0 amide bonds. The van der Waals surface area contributed by atoms with Crippen LogP contribution < -0.4 is 0 Å². The van der Waals surface area contributed by atoms with E-state index in [0.29, 0.717) is 16.6 Å². The lowest BCUT2D eigenvalue weighted by atomic mass is 10.2. The van der Waals surface area contributed by atoms with Crippen molar-refractivity contribution in [1.29, 1.82) is 0 Å². The standard InChI is InChI=1S/C9H11Cl2NO/c1-12(6-13)5-7-2-3-8(10)4-9(7)11/h2-4,13H,5-6H2,1H3. The third-order valence-electron chi connectivity index (χ3n) is 1.70. The molecular weight excluding hydrogens is 209 g/mol. The van der Waals surface area contributed by atoms with Gasteiger partial charge in [0.25, 0.3) is 0 Å². The first-order valence-corrected chi connectivity index (χ1v) is 4.62. The van der Waals surface area contributed by atoms with E-state index in [-0.39, 0.29) is 6.73 Å². The molecule has 0 aromatic heterocycles. The van der Waals surface area contributed by atoms with Crippen LogP contribution in [0.2, 0.25) is 10.0 Å². The highest BCUT2D eigenvalue weighted by Gasteiger charge is 2.03. The summed E-state index contributed by atoms with van der Waals surface area (Å²) in [5.74, 6) is 0. The van der Waals surface area contributed by atoms with Crippen LogP contribution in [0.4, 0.5) is 0 Å². The van der Waals surface area contributed by atoms with Crippen LogP contribution >= 0.6 is 23.2 Å². The van der Waals surface area contributed by atoms with E-state index in [1.165, 1.54) is 0 Å². The van der Waals surface area contributed by atoms with Gasteiger partial charge in [-0.2, -0.15) is 0 Å². The molecule has 0 saturated carbocycles. The Morgan fingerprint density at radius 2 is 2.08 bits per heavy atom. The van der Waals surface area contributed by atoms with Crippen LogP contribution in [-0.4, -0.2) is 23.8 Å². The van der Waals surface area contributed by atoms with Gasteiger partial charge in [-0.05, 0) is 24.7 Å². The fraction of sp³-hybridized carbons (Fsp3) is 0.333. The molecule has 0 spiro atoms. The van der Waals surface area contributed by atoms with E-state index >= 15 is 0 Å². The summed E-state index contributed by atoms with van der Waals surface area (Å²) in [6.45, 7) is 0.630. The lowest BCUT2D eigenvalue weighted by Gasteiger charge is -2.13. The van der Waals surface area contributed by atoms with Crippen molar-refractivity contribution in [3.05, 3.63) is 33.8 Å². The molecule has 1 aromatic carbocycles. The highest BCUT2D eigenvalue weighted by atomic mass is 35.5. The predicted octanol–water partition coefficient (Wildman–Crippen LogP) is 2.38. The number of aliphatic hydroxyl groups is 1. The summed E-state index contributed by atoms with van der Waals surface area (Å²) in [5, 5.41) is 10.1. The van der Waals surface area contributed by atoms with Gasteiger partial charge in [-0.3, -0.25) is 4.90 Å². The third-order valence-corrected chi connectivity index (χ3v) is 2.28. The largest absolute Gasteiger partial charge is 0.381 e. The average molecular weight is 220 g/mol. The van der Waals surface area contributed by atoms with Gasteiger partial charge in [0.15, 0.2) is 0 Å². The fourth-order valence-corrected chi connectivity index (χ4v) is 1.46. The number of benzene rings is 1. The van der Waals surface area contributed by atoms with Crippen molar-refractivity contribution in [2.75, 3.05) is 13.8 Å². The molecule has 72 valence electrons. The van der Waals surface area contributed by atoms with E-state index in [9.17, 15) is 0 Å². The zero-order valence-corrected chi connectivity index (χ0v) is 8.81. The highest BCUT2D eigenvalue weighted by molar-refractivity contribution is 6.35. The maximum atomic E-state index is 8.80. The van der Waals surface area contributed by atoms with Crippen molar-refractivity contribution >= 4 is 23.2 Å². The molecule has 0 fully saturated rings. The Morgan fingerprint density at radius 1 is 1.38 bits per heavy atom. The van der Waals surface area contributed by atoms with Gasteiger partial charge in [-0.15, -0.1) is 0 Å². The molecule has 0 atom stereocenters. The number of hydrogen-bond acceptors (Lipinski definition) is 2. The molecule has 1 N–H and O–H groups in total. The van der Waals surface area contributed by atoms with Crippen LogP contribution in [0.15, 0.2) is 18.2 Å². The van der Waals surface area contributed by atoms with Gasteiger partial charge in [-0.1, -0.05) is 29.3 Å². The van der Waals surface area contributed by atoms with Gasteiger partial charge in [0.2, 0.25) is 0 Å². The molecule has 13 heavy (non-hydrogen) atoms. The second-order valence-corrected chi connectivity index (χ2v) is 3.73. The van der Waals surface area contributed by atoms with Crippen molar-refractivity contribution in [3.8, 4) is 0 Å². The molecule has 1 rings (SSSR count). The monoisotopic (exact) mass is 219 g/mol. The third kappa shape index (κ3) is 3.16. The van der Waals surface area contributed by atoms with Gasteiger partial charge in [0, 0.05) is 16.6 Å². The molecule has 2 nitrogen and oxygen atoms in total. The Labute approximate surface area is 87.7 Å². The number of halogens is 2. The minimum atomic E-state index is 0.0129. The van der Waals surface area contributed by atoms with Gasteiger partial charge < -0.3 is 5.11 Å². The van der Waals surface area contributed by atoms with Crippen LogP contribution in [0, 0.1) is 0 Å². The van der Waals surface area contributed by atoms with E-state index in [2.05, 4.69) is 0 Å². The number of hydrogen-bond donors (Lipinski definition) is 1. The summed E-state index contributed by atoms with van der Waals surface area (Å²) < 4.78 is 0. The molecule has 0 aliphatic heterocycles. The number of aliphatic hydroxyl groups excluding tert-OH is 1. The van der Waals surface area contributed by atoms with Crippen molar-refractivity contribution in [2.24, 2.45) is 0 Å². The van der Waals surface area contributed by atoms with Crippen molar-refractivity contribution in [3.63, 3.8) is 0 Å². The summed E-state index contributed by atoms with van der Waals surface area (Å²) in [5.41, 5.74) is 0.961. The summed E-state index contributed by atoms with van der Waals surface area (Å²) in [7, 11) is 1.81. The Kier molecular flexibility index (Phi) is 4.00. The summed E-state index contributed by atoms with van der Waals surface area (Å²) in [4.78, 5) is 1.75. The molecule has 0 aliphatic carbocycles. The molecule has 0 aliphatic rings. The molecule has 0 heterocycles. The molecule has 0 unspecified atom stereocenters. The zero-order valence-electron chi connectivity index (χ0n) is 7.30. The van der Waals surface area contributed by atoms with Crippen LogP contribution in [0.1, 0.15) is 5.56 Å². The van der Waals surface area contributed by atoms with Gasteiger partial charge in [-0.25, -0.2) is 0 Å². The maximum Gasteiger partial charge on any atom is 0.0956 e. The molecule has 0 radical (unpaired) electrons. The van der Waals surface area contributed by atoms with E-state index in [1.54, 1.807) is 17.0 Å². The van der Waals surface area contributed by atoms with Crippen LogP contribution in [0.5, 0.6) is 0 Å². The first-order chi connectivity index (χ1) is 6.13. The quantitative estimate of drug-likeness (QED) is 0.790. The van der Waals surface area contributed by atoms with Crippen LogP contribution in [0.3, 0.4) is 0 Å². The van der Waals surface area contributed by atoms with E-state index in [1.807, 2.05) is 13.1 Å². The first kappa shape index (κ1) is 10.8. The zero-order chi connectivity index (χ0) is 9.84. The summed E-state index contributed by atoms with van der Waals surface area (Å²) in [6.07, 6.45) is 0. The van der Waals surface area contributed by atoms with Crippen molar-refractivity contribution in [2.45, 2.75) is 6.54 Å². The van der Waals surface area contributed by atoms with E-state index < -0.39 is 0 Å². The predicted molar refractivity (Wildman–Crippen MR) is 55.0 cm³/mol. The second kappa shape index (κ2) is 4.82. The molecule has 1 aromatic rings. The molecule has 0 saturated heterocycles. The summed E-state index contributed by atoms with van der Waals surface area (Å²) in [6, 6.07) is 5.34. The summed E-state index contributed by atoms with van der Waals surface area (Å²) >= 11 is 11.7. The Balaban J connectivity index is 2.77. The van der Waals surface area contributed by atoms with Gasteiger partial charge >= 0.3 is 0 Å². The Bertz CT molecular complexity index is 291. The van der Waals surface area contributed by atoms with E-state index in [4.69, 9.17) is 28.3 Å². The minimum Gasteiger partial charge on any atom is -0.381 e. The number of rotatable bonds is 3. The Morgan fingerprint density at radius 3 is 2.62 bits per heavy atom. The normalized spacial score (nSPS) is 10.8. The van der Waals surface area contributed by atoms with Crippen molar-refractivity contribution in [1.82, 2.24) is 4.90 Å². The Hall–Kier alpha value is -0.280. The topological polar surface area (TPSA) is 23.5 Å². The lowest BCUT2D eigenvalue weighted by molar-refractivity contribution is 0.127. The lowest BCUT2D eigenvalue weighted by Crippen LogP contribution is -2.18. The highest BCUT2D eigenvalue weighted by Crippen LogP contribution is 2.21. The molecular formula is C9H11Cl2NO. The van der Waals surface area contributed by atoms with Crippen LogP contribution in [0.25, 0.3) is 0 Å². The van der Waals surface area contributed by atoms with Gasteiger partial charge in [0.1, 0.15) is 0 Å². The smallest absolute Gasteiger partial charge is 0.0956 e. The first-order valence-electron chi connectivity index (χ1n) is 3.87. The molecule has 0 bridgehead atoms. The van der Waals surface area contributed by atoms with Gasteiger partial charge in [0.05, 0.1) is 6.73 Å². The fourth-order valence-electron chi connectivity index (χ4n) is 0.991. The van der Waals surface area contributed by atoms with Crippen molar-refractivity contribution < 1.29 is 5.11 Å². The molecule has 4 heteroatoms. The van der Waals surface area contributed by atoms with Crippen LogP contribution in [-0.2, 0) is 6.54 Å². The maximum absolute atomic E-state index is 8.80.